The largest absolute Gasteiger partial charge is 0.425 e. The van der Waals surface area contributed by atoms with Crippen LogP contribution in [0.5, 0.6) is 0 Å². The van der Waals surface area contributed by atoms with Crippen molar-refractivity contribution in [2.75, 3.05) is 11.9 Å². The molecule has 3 N–H and O–H groups in total. The fraction of sp³-hybridized carbons (Fsp3) is 0.500. The van der Waals surface area contributed by atoms with Crippen LogP contribution in [0.3, 0.4) is 0 Å². The van der Waals surface area contributed by atoms with E-state index in [0.717, 1.165) is 5.69 Å². The van der Waals surface area contributed by atoms with E-state index >= 15 is 0 Å². The lowest BCUT2D eigenvalue weighted by molar-refractivity contribution is 0.102. The minimum Gasteiger partial charge on any atom is -0.425 e. The number of nitrogens with zero attached hydrogens (tertiary/aromatic N) is 2. The van der Waals surface area contributed by atoms with Crippen LogP contribution in [-0.4, -0.2) is 17.7 Å². The summed E-state index contributed by atoms with van der Waals surface area (Å²) in [5.41, 5.74) is 6.59. The van der Waals surface area contributed by atoms with Gasteiger partial charge in [0.15, 0.2) is 5.89 Å². The minimum absolute atomic E-state index is 0.143. The van der Waals surface area contributed by atoms with E-state index in [4.69, 9.17) is 14.9 Å². The number of nitrogens with two attached hydrogens (primary N) is 1. The fourth-order valence-corrected chi connectivity index (χ4v) is 2.90. The topological polar surface area (TPSA) is 97.1 Å². The van der Waals surface area contributed by atoms with E-state index in [1.54, 1.807) is 6.92 Å². The summed E-state index contributed by atoms with van der Waals surface area (Å²) < 4.78 is 11.1. The van der Waals surface area contributed by atoms with Gasteiger partial charge in [-0.1, -0.05) is 0 Å². The molecule has 94 valence electrons. The van der Waals surface area contributed by atoms with Gasteiger partial charge in [-0.15, -0.1) is 0 Å². The Morgan fingerprint density at radius 1 is 1.61 bits per heavy atom. The van der Waals surface area contributed by atoms with Gasteiger partial charge < -0.3 is 20.2 Å². The van der Waals surface area contributed by atoms with E-state index in [1.807, 2.05) is 6.92 Å². The highest BCUT2D eigenvalue weighted by Gasteiger charge is 2.53. The molecule has 0 amide bonds. The fourth-order valence-electron chi connectivity index (χ4n) is 2.90. The molecule has 0 radical (unpaired) electrons. The van der Waals surface area contributed by atoms with E-state index in [2.05, 4.69) is 16.4 Å². The number of hydrogen-bond acceptors (Lipinski definition) is 6. The maximum Gasteiger partial charge on any atom is 0.223 e. The summed E-state index contributed by atoms with van der Waals surface area (Å²) in [5, 5.41) is 12.3. The number of fused-ring (bicyclic) bond motifs is 2. The van der Waals surface area contributed by atoms with Crippen molar-refractivity contribution in [3.05, 3.63) is 23.0 Å². The van der Waals surface area contributed by atoms with Gasteiger partial charge in [-0.2, -0.15) is 5.26 Å². The van der Waals surface area contributed by atoms with Crippen molar-refractivity contribution in [3.8, 4) is 6.07 Å². The molecule has 2 atom stereocenters. The van der Waals surface area contributed by atoms with Crippen molar-refractivity contribution in [2.24, 2.45) is 5.73 Å². The number of aryl methyl sites for hydroxylation is 1. The van der Waals surface area contributed by atoms with Crippen molar-refractivity contribution in [1.29, 1.82) is 5.26 Å². The molecule has 1 aromatic heterocycles. The third kappa shape index (κ3) is 1.17. The van der Waals surface area contributed by atoms with Gasteiger partial charge in [-0.05, 0) is 13.3 Å². The number of rotatable bonds is 0. The molecular formula is C12H14N4O2. The molecule has 3 heterocycles. The zero-order valence-corrected chi connectivity index (χ0v) is 10.3. The molecule has 3 rings (SSSR count). The zero-order chi connectivity index (χ0) is 12.9. The Kier molecular flexibility index (Phi) is 2.16. The number of oxazole rings is 1. The second-order valence-corrected chi connectivity index (χ2v) is 4.67. The van der Waals surface area contributed by atoms with Crippen molar-refractivity contribution in [2.45, 2.75) is 31.8 Å². The normalized spacial score (nSPS) is 30.2. The third-order valence-electron chi connectivity index (χ3n) is 3.79. The first kappa shape index (κ1) is 11.1. The van der Waals surface area contributed by atoms with Gasteiger partial charge in [0.05, 0.1) is 23.2 Å². The first-order valence-electron chi connectivity index (χ1n) is 5.86. The molecule has 18 heavy (non-hydrogen) atoms. The summed E-state index contributed by atoms with van der Waals surface area (Å²) in [6, 6.07) is 2.20. The average molecular weight is 246 g/mol. The third-order valence-corrected chi connectivity index (χ3v) is 3.79. The van der Waals surface area contributed by atoms with Gasteiger partial charge in [0, 0.05) is 13.5 Å². The van der Waals surface area contributed by atoms with E-state index in [-0.39, 0.29) is 6.10 Å². The molecule has 6 nitrogen and oxygen atoms in total. The number of ether oxygens (including phenoxy) is 1. The van der Waals surface area contributed by atoms with E-state index in [0.29, 0.717) is 36.2 Å². The maximum absolute atomic E-state index is 9.40. The van der Waals surface area contributed by atoms with Crippen LogP contribution in [-0.2, 0) is 10.2 Å². The number of nitriles is 1. The summed E-state index contributed by atoms with van der Waals surface area (Å²) in [5.74, 6) is 1.41. The van der Waals surface area contributed by atoms with E-state index in [1.165, 1.54) is 0 Å². The minimum atomic E-state index is -0.572. The lowest BCUT2D eigenvalue weighted by atomic mass is 9.71. The monoisotopic (exact) mass is 246 g/mol. The molecule has 0 bridgehead atoms. The second-order valence-electron chi connectivity index (χ2n) is 4.67. The SMILES string of the molecule is Cc1nc2c(o1)NC(N)=C(C#N)[C@]21CCO[C@H]1C. The molecule has 0 aliphatic carbocycles. The number of nitrogens with one attached hydrogen (secondary N) is 1. The summed E-state index contributed by atoms with van der Waals surface area (Å²) in [6.07, 6.45) is 0.550. The van der Waals surface area contributed by atoms with Crippen molar-refractivity contribution in [3.63, 3.8) is 0 Å². The van der Waals surface area contributed by atoms with Crippen molar-refractivity contribution in [1.82, 2.24) is 4.98 Å². The summed E-state index contributed by atoms with van der Waals surface area (Å²) in [7, 11) is 0. The van der Waals surface area contributed by atoms with Gasteiger partial charge >= 0.3 is 0 Å². The zero-order valence-electron chi connectivity index (χ0n) is 10.3. The Bertz CT molecular complexity index is 583. The molecule has 1 aromatic rings. The number of anilines is 1. The highest BCUT2D eigenvalue weighted by Crippen LogP contribution is 2.49. The van der Waals surface area contributed by atoms with E-state index in [9.17, 15) is 5.26 Å². The molecular weight excluding hydrogens is 232 g/mol. The number of hydrogen-bond donors (Lipinski definition) is 2. The predicted molar refractivity (Wildman–Crippen MR) is 63.4 cm³/mol. The molecule has 1 fully saturated rings. The smallest absolute Gasteiger partial charge is 0.223 e. The van der Waals surface area contributed by atoms with Crippen LogP contribution in [0, 0.1) is 18.3 Å². The van der Waals surface area contributed by atoms with Crippen LogP contribution in [0.1, 0.15) is 24.9 Å². The molecule has 2 aliphatic rings. The van der Waals surface area contributed by atoms with Crippen LogP contribution in [0.25, 0.3) is 0 Å². The highest BCUT2D eigenvalue weighted by atomic mass is 16.5. The van der Waals surface area contributed by atoms with Gasteiger partial charge in [0.1, 0.15) is 11.5 Å². The molecule has 0 saturated carbocycles. The van der Waals surface area contributed by atoms with E-state index < -0.39 is 5.41 Å². The van der Waals surface area contributed by atoms with Crippen LogP contribution < -0.4 is 11.1 Å². The van der Waals surface area contributed by atoms with Gasteiger partial charge in [0.2, 0.25) is 5.88 Å². The molecule has 1 spiro atoms. The van der Waals surface area contributed by atoms with Gasteiger partial charge in [0.25, 0.3) is 0 Å². The predicted octanol–water partition coefficient (Wildman–Crippen LogP) is 1.15. The summed E-state index contributed by atoms with van der Waals surface area (Å²) in [4.78, 5) is 4.42. The Balaban J connectivity index is 2.28. The molecule has 1 saturated heterocycles. The maximum atomic E-state index is 9.40. The molecule has 0 aromatic carbocycles. The Hall–Kier alpha value is -2.00. The number of aromatic nitrogens is 1. The lowest BCUT2D eigenvalue weighted by Gasteiger charge is -2.34. The second kappa shape index (κ2) is 3.50. The molecule has 0 unspecified atom stereocenters. The first-order valence-corrected chi connectivity index (χ1v) is 5.86. The Morgan fingerprint density at radius 2 is 2.39 bits per heavy atom. The summed E-state index contributed by atoms with van der Waals surface area (Å²) >= 11 is 0. The van der Waals surface area contributed by atoms with Crippen LogP contribution in [0.2, 0.25) is 0 Å². The van der Waals surface area contributed by atoms with Crippen molar-refractivity contribution < 1.29 is 9.15 Å². The van der Waals surface area contributed by atoms with Crippen molar-refractivity contribution >= 4 is 5.88 Å². The van der Waals surface area contributed by atoms with Crippen LogP contribution in [0.15, 0.2) is 15.8 Å². The Labute approximate surface area is 104 Å². The quantitative estimate of drug-likeness (QED) is 0.712. The summed E-state index contributed by atoms with van der Waals surface area (Å²) in [6.45, 7) is 4.30. The lowest BCUT2D eigenvalue weighted by Crippen LogP contribution is -2.41. The molecule has 2 aliphatic heterocycles. The van der Waals surface area contributed by atoms with Crippen LogP contribution in [0.4, 0.5) is 5.88 Å². The Morgan fingerprint density at radius 3 is 3.00 bits per heavy atom. The van der Waals surface area contributed by atoms with Gasteiger partial charge in [-0.3, -0.25) is 0 Å². The highest BCUT2D eigenvalue weighted by molar-refractivity contribution is 5.62. The standard InChI is InChI=1S/C12H14N4O2/c1-6-12(3-4-17-6)8(5-13)10(14)16-11-9(12)15-7(2)18-11/h6,16H,3-4,14H2,1-2H3/t6-,12+/m0/s1. The van der Waals surface area contributed by atoms with Crippen LogP contribution >= 0.6 is 0 Å². The van der Waals surface area contributed by atoms with Gasteiger partial charge in [-0.25, -0.2) is 4.98 Å². The first-order chi connectivity index (χ1) is 8.59. The average Bonchev–Trinajstić information content (AvgIpc) is 2.85. The molecule has 6 heteroatoms.